The maximum Gasteiger partial charge on any atom is 0.357 e. The van der Waals surface area contributed by atoms with Gasteiger partial charge in [0.1, 0.15) is 0 Å². The topological polar surface area (TPSA) is 102 Å². The summed E-state index contributed by atoms with van der Waals surface area (Å²) in [5, 5.41) is 9.76. The molecule has 4 saturated carbocycles. The van der Waals surface area contributed by atoms with Crippen LogP contribution >= 0.6 is 7.60 Å². The van der Waals surface area contributed by atoms with Crippen LogP contribution in [0.25, 0.3) is 0 Å². The number of pyridine rings is 1. The van der Waals surface area contributed by atoms with E-state index in [2.05, 4.69) is 20.9 Å². The first kappa shape index (κ1) is 26.2. The molecule has 4 bridgehead atoms. The fourth-order valence-electron chi connectivity index (χ4n) is 7.04. The average molecular weight is 527 g/mol. The number of hydrogen-bond donors (Lipinski definition) is 3. The lowest BCUT2D eigenvalue weighted by Crippen LogP contribution is -2.61. The minimum Gasteiger partial charge on any atom is -0.368 e. The molecule has 200 valence electrons. The number of anilines is 1. The second-order valence-electron chi connectivity index (χ2n) is 10.9. The average Bonchev–Trinajstić information content (AvgIpc) is 2.86. The number of benzene rings is 1. The fourth-order valence-corrected chi connectivity index (χ4v) is 8.98. The Kier molecular flexibility index (Phi) is 7.89. The summed E-state index contributed by atoms with van der Waals surface area (Å²) in [6, 6.07) is 11.3. The zero-order chi connectivity index (χ0) is 25.9. The maximum absolute atomic E-state index is 13.6. The highest BCUT2D eigenvalue weighted by molar-refractivity contribution is 7.54. The van der Waals surface area contributed by atoms with E-state index in [4.69, 9.17) is 9.05 Å². The maximum atomic E-state index is 13.6. The van der Waals surface area contributed by atoms with Gasteiger partial charge in [0.2, 0.25) is 0 Å². The highest BCUT2D eigenvalue weighted by atomic mass is 31.2. The van der Waals surface area contributed by atoms with Gasteiger partial charge in [-0.1, -0.05) is 12.1 Å². The molecule has 6 rings (SSSR count). The lowest BCUT2D eigenvalue weighted by Gasteiger charge is -2.56. The molecule has 1 aromatic carbocycles. The number of hydrogen-bond acceptors (Lipinski definition) is 6. The molecule has 4 fully saturated rings. The minimum absolute atomic E-state index is 0.00361. The Bertz CT molecular complexity index is 1070. The lowest BCUT2D eigenvalue weighted by atomic mass is 9.53. The van der Waals surface area contributed by atoms with Gasteiger partial charge in [-0.05, 0) is 106 Å². The van der Waals surface area contributed by atoms with Crippen LogP contribution in [0.3, 0.4) is 0 Å². The highest BCUT2D eigenvalue weighted by Crippen LogP contribution is 2.60. The third-order valence-corrected chi connectivity index (χ3v) is 10.4. The molecule has 0 aliphatic heterocycles. The molecule has 9 heteroatoms. The fraction of sp³-hybridized carbons (Fsp3) is 0.571. The Morgan fingerprint density at radius 2 is 1.54 bits per heavy atom. The Labute approximate surface area is 219 Å². The van der Waals surface area contributed by atoms with Gasteiger partial charge in [-0.3, -0.25) is 9.55 Å². The molecule has 4 aliphatic carbocycles. The van der Waals surface area contributed by atoms with Gasteiger partial charge in [0, 0.05) is 30.2 Å². The van der Waals surface area contributed by atoms with E-state index in [0.29, 0.717) is 6.54 Å². The lowest BCUT2D eigenvalue weighted by molar-refractivity contribution is -0.0135. The summed E-state index contributed by atoms with van der Waals surface area (Å²) in [7, 11) is -3.49. The van der Waals surface area contributed by atoms with Crippen molar-refractivity contribution in [3.05, 3.63) is 59.9 Å². The standard InChI is InChI=1S/C28H39N4O4P/c1-3-35-37(34,36-4-2)26(24-9-11-29-12-10-24)31-25-7-5-20(6-8-25)19-30-27(33)32-28-16-21-13-22(17-28)15-23(14-21)18-28/h5-12,21-23,26,31H,3-4,13-19H2,1-2H3,(H2,30,32,33). The van der Waals surface area contributed by atoms with E-state index in [-0.39, 0.29) is 24.8 Å². The van der Waals surface area contributed by atoms with Crippen LogP contribution in [0.15, 0.2) is 48.8 Å². The van der Waals surface area contributed by atoms with Gasteiger partial charge in [-0.2, -0.15) is 0 Å². The van der Waals surface area contributed by atoms with Crippen molar-refractivity contribution in [2.24, 2.45) is 17.8 Å². The first-order valence-electron chi connectivity index (χ1n) is 13.6. The molecule has 8 nitrogen and oxygen atoms in total. The van der Waals surface area contributed by atoms with E-state index < -0.39 is 13.4 Å². The van der Waals surface area contributed by atoms with Gasteiger partial charge in [0.25, 0.3) is 0 Å². The first-order chi connectivity index (χ1) is 17.9. The number of carbonyl (C=O) groups is 1. The Morgan fingerprint density at radius 3 is 2.08 bits per heavy atom. The van der Waals surface area contributed by atoms with Crippen molar-refractivity contribution < 1.29 is 18.4 Å². The van der Waals surface area contributed by atoms with Crippen molar-refractivity contribution in [3.63, 3.8) is 0 Å². The monoisotopic (exact) mass is 526 g/mol. The van der Waals surface area contributed by atoms with Crippen molar-refractivity contribution in [3.8, 4) is 0 Å². The summed E-state index contributed by atoms with van der Waals surface area (Å²) in [6.45, 7) is 4.60. The van der Waals surface area contributed by atoms with Crippen LogP contribution in [0.5, 0.6) is 0 Å². The minimum atomic E-state index is -3.49. The molecule has 3 N–H and O–H groups in total. The largest absolute Gasteiger partial charge is 0.368 e. The van der Waals surface area contributed by atoms with Crippen LogP contribution < -0.4 is 16.0 Å². The number of urea groups is 1. The summed E-state index contributed by atoms with van der Waals surface area (Å²) in [5.74, 6) is 1.71. The number of nitrogens with one attached hydrogen (secondary N) is 3. The van der Waals surface area contributed by atoms with E-state index in [1.807, 2.05) is 36.4 Å². The SMILES string of the molecule is CCOP(=O)(OCC)C(Nc1ccc(CNC(=O)NC23CC4CC(CC(C4)C2)C3)cc1)c1ccncc1. The van der Waals surface area contributed by atoms with Crippen LogP contribution in [0.2, 0.25) is 0 Å². The summed E-state index contributed by atoms with van der Waals surface area (Å²) in [6.07, 6.45) is 10.8. The second-order valence-corrected chi connectivity index (χ2v) is 13.0. The molecule has 2 amide bonds. The number of aromatic nitrogens is 1. The van der Waals surface area contributed by atoms with Crippen LogP contribution in [0.1, 0.15) is 69.3 Å². The summed E-state index contributed by atoms with van der Waals surface area (Å²) < 4.78 is 24.9. The predicted octanol–water partition coefficient (Wildman–Crippen LogP) is 6.23. The summed E-state index contributed by atoms with van der Waals surface area (Å²) >= 11 is 0. The van der Waals surface area contributed by atoms with Gasteiger partial charge in [0.05, 0.1) is 13.2 Å². The van der Waals surface area contributed by atoms with Crippen molar-refractivity contribution in [2.45, 2.75) is 70.2 Å². The van der Waals surface area contributed by atoms with Crippen LogP contribution in [0.4, 0.5) is 10.5 Å². The second kappa shape index (κ2) is 11.1. The molecule has 0 spiro atoms. The molecule has 37 heavy (non-hydrogen) atoms. The third kappa shape index (κ3) is 6.02. The van der Waals surface area contributed by atoms with Crippen molar-refractivity contribution in [1.82, 2.24) is 15.6 Å². The smallest absolute Gasteiger partial charge is 0.357 e. The van der Waals surface area contributed by atoms with Gasteiger partial charge in [-0.15, -0.1) is 0 Å². The van der Waals surface area contributed by atoms with Crippen LogP contribution in [0, 0.1) is 17.8 Å². The number of nitrogens with zero attached hydrogens (tertiary/aromatic N) is 1. The molecule has 1 unspecified atom stereocenters. The molecule has 4 aliphatic rings. The Morgan fingerprint density at radius 1 is 0.973 bits per heavy atom. The predicted molar refractivity (Wildman–Crippen MR) is 144 cm³/mol. The van der Waals surface area contributed by atoms with E-state index in [1.165, 1.54) is 19.3 Å². The molecular weight excluding hydrogens is 487 g/mol. The number of amides is 2. The van der Waals surface area contributed by atoms with E-state index in [1.54, 1.807) is 26.2 Å². The van der Waals surface area contributed by atoms with Gasteiger partial charge in [-0.25, -0.2) is 4.79 Å². The zero-order valence-electron chi connectivity index (χ0n) is 21.8. The van der Waals surface area contributed by atoms with Gasteiger partial charge < -0.3 is 25.0 Å². The van der Waals surface area contributed by atoms with Crippen LogP contribution in [-0.2, 0) is 20.2 Å². The summed E-state index contributed by atoms with van der Waals surface area (Å²) in [5.41, 5.74) is 2.55. The van der Waals surface area contributed by atoms with Crippen molar-refractivity contribution in [2.75, 3.05) is 18.5 Å². The van der Waals surface area contributed by atoms with Crippen LogP contribution in [-0.4, -0.2) is 29.8 Å². The molecule has 0 saturated heterocycles. The van der Waals surface area contributed by atoms with E-state index in [0.717, 1.165) is 53.8 Å². The summed E-state index contributed by atoms with van der Waals surface area (Å²) in [4.78, 5) is 16.9. The van der Waals surface area contributed by atoms with E-state index in [9.17, 15) is 9.36 Å². The first-order valence-corrected chi connectivity index (χ1v) is 15.2. The molecule has 1 atom stereocenters. The van der Waals surface area contributed by atoms with Gasteiger partial charge in [0.15, 0.2) is 5.78 Å². The molecule has 2 aromatic rings. The quantitative estimate of drug-likeness (QED) is 0.300. The van der Waals surface area contributed by atoms with Crippen molar-refractivity contribution >= 4 is 19.3 Å². The van der Waals surface area contributed by atoms with Gasteiger partial charge >= 0.3 is 13.6 Å². The molecular formula is C28H39N4O4P. The van der Waals surface area contributed by atoms with Crippen molar-refractivity contribution in [1.29, 1.82) is 0 Å². The Hall–Kier alpha value is -2.41. The molecule has 1 heterocycles. The molecule has 0 radical (unpaired) electrons. The molecule has 1 aromatic heterocycles. The zero-order valence-corrected chi connectivity index (χ0v) is 22.7. The van der Waals surface area contributed by atoms with E-state index >= 15 is 0 Å². The highest BCUT2D eigenvalue weighted by Gasteiger charge is 2.51. The number of carbonyl (C=O) groups excluding carboxylic acids is 1. The normalized spacial score (nSPS) is 27.0. The Balaban J connectivity index is 1.20. The number of rotatable bonds is 11. The third-order valence-electron chi connectivity index (χ3n) is 8.08.